The van der Waals surface area contributed by atoms with E-state index in [4.69, 9.17) is 39.5 Å². The number of carbonyl (C=O) groups excluding carboxylic acids is 1. The molecule has 0 saturated heterocycles. The summed E-state index contributed by atoms with van der Waals surface area (Å²) in [6.45, 7) is 2.50. The van der Waals surface area contributed by atoms with E-state index in [2.05, 4.69) is 10.3 Å². The molecule has 24 heavy (non-hydrogen) atoms. The summed E-state index contributed by atoms with van der Waals surface area (Å²) in [4.78, 5) is 16.8. The average molecular weight is 402 g/mol. The summed E-state index contributed by atoms with van der Waals surface area (Å²) in [6, 6.07) is 8.62. The molecule has 1 aromatic heterocycles. The molecule has 8 heteroatoms. The molecule has 4 nitrogen and oxygen atoms in total. The van der Waals surface area contributed by atoms with Crippen LogP contribution < -0.4 is 10.1 Å². The van der Waals surface area contributed by atoms with Crippen LogP contribution in [0.5, 0.6) is 5.75 Å². The number of thiazole rings is 1. The molecular weight excluding hydrogens is 391 g/mol. The predicted molar refractivity (Wildman–Crippen MR) is 100 cm³/mol. The molecule has 3 aromatic rings. The number of carbonyl (C=O) groups is 1. The number of amides is 1. The molecule has 0 spiro atoms. The van der Waals surface area contributed by atoms with Gasteiger partial charge in [-0.15, -0.1) is 0 Å². The summed E-state index contributed by atoms with van der Waals surface area (Å²) >= 11 is 19.4. The van der Waals surface area contributed by atoms with Gasteiger partial charge in [0.05, 0.1) is 37.5 Å². The summed E-state index contributed by atoms with van der Waals surface area (Å²) < 4.78 is 6.36. The fraction of sp³-hybridized carbons (Fsp3) is 0.125. The minimum atomic E-state index is -0.461. The maximum absolute atomic E-state index is 12.5. The SMILES string of the molecule is CCOc1ccc2nc(NC(=O)c3c(Cl)ccc(Cl)c3Cl)sc2c1. The van der Waals surface area contributed by atoms with Crippen molar-refractivity contribution in [2.75, 3.05) is 11.9 Å². The number of aromatic nitrogens is 1. The van der Waals surface area contributed by atoms with Crippen molar-refractivity contribution < 1.29 is 9.53 Å². The Kier molecular flexibility index (Phi) is 5.15. The van der Waals surface area contributed by atoms with Crippen LogP contribution in [0.15, 0.2) is 30.3 Å². The van der Waals surface area contributed by atoms with E-state index in [1.165, 1.54) is 23.5 Å². The van der Waals surface area contributed by atoms with Gasteiger partial charge in [0, 0.05) is 0 Å². The van der Waals surface area contributed by atoms with E-state index >= 15 is 0 Å². The van der Waals surface area contributed by atoms with Gasteiger partial charge in [0.2, 0.25) is 0 Å². The number of hydrogen-bond donors (Lipinski definition) is 1. The first-order valence-corrected chi connectivity index (χ1v) is 8.93. The second kappa shape index (κ2) is 7.15. The zero-order valence-corrected chi connectivity index (χ0v) is 15.5. The van der Waals surface area contributed by atoms with Crippen molar-refractivity contribution in [3.8, 4) is 5.75 Å². The van der Waals surface area contributed by atoms with Crippen molar-refractivity contribution in [1.82, 2.24) is 4.98 Å². The second-order valence-electron chi connectivity index (χ2n) is 4.75. The van der Waals surface area contributed by atoms with Gasteiger partial charge in [0.25, 0.3) is 5.91 Å². The van der Waals surface area contributed by atoms with Crippen LogP contribution in [0.25, 0.3) is 10.2 Å². The maximum atomic E-state index is 12.5. The summed E-state index contributed by atoms with van der Waals surface area (Å²) in [5, 5.41) is 3.75. The maximum Gasteiger partial charge on any atom is 0.260 e. The monoisotopic (exact) mass is 400 g/mol. The fourth-order valence-corrected chi connectivity index (χ4v) is 3.70. The number of halogens is 3. The van der Waals surface area contributed by atoms with Gasteiger partial charge in [0.15, 0.2) is 5.13 Å². The molecule has 0 aliphatic carbocycles. The molecule has 1 amide bonds. The lowest BCUT2D eigenvalue weighted by molar-refractivity contribution is 0.102. The Bertz CT molecular complexity index is 927. The quantitative estimate of drug-likeness (QED) is 0.553. The van der Waals surface area contributed by atoms with Gasteiger partial charge < -0.3 is 4.74 Å². The molecule has 2 aromatic carbocycles. The molecule has 0 bridgehead atoms. The molecule has 0 atom stereocenters. The Hall–Kier alpha value is -1.53. The van der Waals surface area contributed by atoms with Crippen LogP contribution in [0, 0.1) is 0 Å². The van der Waals surface area contributed by atoms with Gasteiger partial charge >= 0.3 is 0 Å². The average Bonchev–Trinajstić information content (AvgIpc) is 2.93. The first kappa shape index (κ1) is 17.3. The first-order chi connectivity index (χ1) is 11.5. The topological polar surface area (TPSA) is 51.2 Å². The van der Waals surface area contributed by atoms with Gasteiger partial charge in [-0.3, -0.25) is 10.1 Å². The van der Waals surface area contributed by atoms with Gasteiger partial charge in [0.1, 0.15) is 5.75 Å². The van der Waals surface area contributed by atoms with Crippen LogP contribution in [-0.4, -0.2) is 17.5 Å². The van der Waals surface area contributed by atoms with Crippen LogP contribution in [0.1, 0.15) is 17.3 Å². The molecule has 0 aliphatic heterocycles. The highest BCUT2D eigenvalue weighted by Gasteiger charge is 2.19. The van der Waals surface area contributed by atoms with Crippen molar-refractivity contribution in [2.24, 2.45) is 0 Å². The Labute approximate surface area is 157 Å². The van der Waals surface area contributed by atoms with Crippen molar-refractivity contribution in [3.05, 3.63) is 51.0 Å². The zero-order chi connectivity index (χ0) is 17.3. The van der Waals surface area contributed by atoms with Gasteiger partial charge in [-0.2, -0.15) is 0 Å². The fourth-order valence-electron chi connectivity index (χ4n) is 2.11. The molecule has 124 valence electrons. The number of hydrogen-bond acceptors (Lipinski definition) is 4. The predicted octanol–water partition coefficient (Wildman–Crippen LogP) is 5.91. The van der Waals surface area contributed by atoms with E-state index < -0.39 is 5.91 Å². The van der Waals surface area contributed by atoms with Crippen molar-refractivity contribution in [1.29, 1.82) is 0 Å². The standard InChI is InChI=1S/C16H11Cl3N2O2S/c1-2-23-8-3-6-11-12(7-8)24-16(20-11)21-15(22)13-9(17)4-5-10(18)14(13)19/h3-7H,2H2,1H3,(H,20,21,22). The van der Waals surface area contributed by atoms with Gasteiger partial charge in [-0.25, -0.2) is 4.98 Å². The number of ether oxygens (including phenoxy) is 1. The van der Waals surface area contributed by atoms with E-state index in [0.717, 1.165) is 16.0 Å². The Morgan fingerprint density at radius 1 is 1.21 bits per heavy atom. The molecule has 1 N–H and O–H groups in total. The van der Waals surface area contributed by atoms with E-state index in [9.17, 15) is 4.79 Å². The summed E-state index contributed by atoms with van der Waals surface area (Å²) in [6.07, 6.45) is 0. The molecule has 0 radical (unpaired) electrons. The van der Waals surface area contributed by atoms with E-state index in [1.807, 2.05) is 25.1 Å². The number of nitrogens with one attached hydrogen (secondary N) is 1. The van der Waals surface area contributed by atoms with Crippen molar-refractivity contribution in [3.63, 3.8) is 0 Å². The molecule has 3 rings (SSSR count). The molecule has 0 unspecified atom stereocenters. The second-order valence-corrected chi connectivity index (χ2v) is 6.98. The first-order valence-electron chi connectivity index (χ1n) is 6.98. The Morgan fingerprint density at radius 2 is 1.96 bits per heavy atom. The summed E-state index contributed by atoms with van der Waals surface area (Å²) in [5.41, 5.74) is 0.891. The third-order valence-electron chi connectivity index (χ3n) is 3.16. The minimum absolute atomic E-state index is 0.112. The van der Waals surface area contributed by atoms with E-state index in [0.29, 0.717) is 11.7 Å². The van der Waals surface area contributed by atoms with E-state index in [1.54, 1.807) is 0 Å². The van der Waals surface area contributed by atoms with Crippen LogP contribution in [0.2, 0.25) is 15.1 Å². The highest BCUT2D eigenvalue weighted by molar-refractivity contribution is 7.22. The molecule has 0 fully saturated rings. The molecular formula is C16H11Cl3N2O2S. The molecule has 0 saturated carbocycles. The Balaban J connectivity index is 1.90. The van der Waals surface area contributed by atoms with E-state index in [-0.39, 0.29) is 20.6 Å². The summed E-state index contributed by atoms with van der Waals surface area (Å²) in [5.74, 6) is 0.295. The zero-order valence-electron chi connectivity index (χ0n) is 12.4. The van der Waals surface area contributed by atoms with Crippen molar-refractivity contribution >= 4 is 67.4 Å². The highest BCUT2D eigenvalue weighted by atomic mass is 35.5. The lowest BCUT2D eigenvalue weighted by Gasteiger charge is -2.07. The normalized spacial score (nSPS) is 10.8. The third kappa shape index (κ3) is 3.44. The van der Waals surface area contributed by atoms with Gasteiger partial charge in [-0.1, -0.05) is 46.1 Å². The van der Waals surface area contributed by atoms with Crippen LogP contribution in [0.4, 0.5) is 5.13 Å². The van der Waals surface area contributed by atoms with Crippen LogP contribution >= 0.6 is 46.1 Å². The number of nitrogens with zero attached hydrogens (tertiary/aromatic N) is 1. The number of anilines is 1. The number of fused-ring (bicyclic) bond motifs is 1. The molecule has 0 aliphatic rings. The minimum Gasteiger partial charge on any atom is -0.494 e. The number of rotatable bonds is 4. The summed E-state index contributed by atoms with van der Waals surface area (Å²) in [7, 11) is 0. The number of benzene rings is 2. The third-order valence-corrected chi connectivity index (χ3v) is 5.22. The smallest absolute Gasteiger partial charge is 0.260 e. The molecule has 1 heterocycles. The lowest BCUT2D eigenvalue weighted by atomic mass is 10.2. The largest absolute Gasteiger partial charge is 0.494 e. The highest BCUT2D eigenvalue weighted by Crippen LogP contribution is 2.33. The van der Waals surface area contributed by atoms with Crippen molar-refractivity contribution in [2.45, 2.75) is 6.92 Å². The Morgan fingerprint density at radius 3 is 2.71 bits per heavy atom. The lowest BCUT2D eigenvalue weighted by Crippen LogP contribution is -2.13. The van der Waals surface area contributed by atoms with Crippen LogP contribution in [0.3, 0.4) is 0 Å². The van der Waals surface area contributed by atoms with Gasteiger partial charge in [-0.05, 0) is 37.3 Å². The van der Waals surface area contributed by atoms with Crippen LogP contribution in [-0.2, 0) is 0 Å².